The third-order valence-corrected chi connectivity index (χ3v) is 4.50. The van der Waals surface area contributed by atoms with Gasteiger partial charge in [-0.1, -0.05) is 11.6 Å². The van der Waals surface area contributed by atoms with Crippen LogP contribution in [0.1, 0.15) is 32.1 Å². The van der Waals surface area contributed by atoms with Crippen molar-refractivity contribution in [1.29, 1.82) is 0 Å². The molecule has 2 aliphatic heterocycles. The van der Waals surface area contributed by atoms with Crippen LogP contribution in [0.15, 0.2) is 24.3 Å². The highest BCUT2D eigenvalue weighted by molar-refractivity contribution is 6.30. The summed E-state index contributed by atoms with van der Waals surface area (Å²) in [7, 11) is 0. The van der Waals surface area contributed by atoms with Crippen molar-refractivity contribution in [2.45, 2.75) is 50.2 Å². The van der Waals surface area contributed by atoms with E-state index >= 15 is 0 Å². The summed E-state index contributed by atoms with van der Waals surface area (Å²) >= 11 is 5.81. The van der Waals surface area contributed by atoms with E-state index in [4.69, 9.17) is 16.3 Å². The maximum absolute atomic E-state index is 12.0. The zero-order chi connectivity index (χ0) is 14.7. The first-order valence-corrected chi connectivity index (χ1v) is 8.00. The molecule has 0 radical (unpaired) electrons. The van der Waals surface area contributed by atoms with Crippen molar-refractivity contribution >= 4 is 17.5 Å². The van der Waals surface area contributed by atoms with Crippen LogP contribution < -0.4 is 15.4 Å². The molecule has 114 valence electrons. The van der Waals surface area contributed by atoms with Crippen LogP contribution in [0.25, 0.3) is 0 Å². The highest BCUT2D eigenvalue weighted by atomic mass is 35.5. The molecule has 2 atom stereocenters. The molecule has 2 aliphatic rings. The molecule has 2 unspecified atom stereocenters. The number of carbonyl (C=O) groups is 1. The molecule has 2 bridgehead atoms. The lowest BCUT2D eigenvalue weighted by molar-refractivity contribution is -0.122. The van der Waals surface area contributed by atoms with Crippen molar-refractivity contribution in [3.05, 3.63) is 29.3 Å². The fraction of sp³-hybridized carbons (Fsp3) is 0.562. The van der Waals surface area contributed by atoms with Crippen molar-refractivity contribution in [3.63, 3.8) is 0 Å². The monoisotopic (exact) mass is 308 g/mol. The molecule has 4 nitrogen and oxygen atoms in total. The molecule has 5 heteroatoms. The average Bonchev–Trinajstić information content (AvgIpc) is 2.80. The van der Waals surface area contributed by atoms with E-state index in [0.717, 1.165) is 18.6 Å². The lowest BCUT2D eigenvalue weighted by atomic mass is 10.00. The highest BCUT2D eigenvalue weighted by Gasteiger charge is 2.33. The molecule has 0 aromatic heterocycles. The summed E-state index contributed by atoms with van der Waals surface area (Å²) in [5.41, 5.74) is 0. The van der Waals surface area contributed by atoms with E-state index < -0.39 is 0 Å². The van der Waals surface area contributed by atoms with Gasteiger partial charge < -0.3 is 15.4 Å². The number of piperidine rings is 1. The second kappa shape index (κ2) is 6.67. The van der Waals surface area contributed by atoms with E-state index in [1.54, 1.807) is 12.1 Å². The normalized spacial score (nSPS) is 27.4. The standard InChI is InChI=1S/C16H21ClN2O2/c17-11-1-5-15(6-2-11)21-8-7-16(20)19-14-9-12-3-4-13(10-14)18-12/h1-2,5-6,12-14,18H,3-4,7-10H2,(H,19,20). The first-order valence-electron chi connectivity index (χ1n) is 7.63. The van der Waals surface area contributed by atoms with Crippen molar-refractivity contribution in [1.82, 2.24) is 10.6 Å². The number of nitrogens with one attached hydrogen (secondary N) is 2. The zero-order valence-electron chi connectivity index (χ0n) is 12.0. The van der Waals surface area contributed by atoms with E-state index in [9.17, 15) is 4.79 Å². The van der Waals surface area contributed by atoms with Crippen molar-refractivity contribution in [2.24, 2.45) is 0 Å². The van der Waals surface area contributed by atoms with Crippen LogP contribution in [0.4, 0.5) is 0 Å². The van der Waals surface area contributed by atoms with Crippen molar-refractivity contribution < 1.29 is 9.53 Å². The van der Waals surface area contributed by atoms with Gasteiger partial charge in [0.25, 0.3) is 0 Å². The smallest absolute Gasteiger partial charge is 0.223 e. The van der Waals surface area contributed by atoms with Gasteiger partial charge >= 0.3 is 0 Å². The van der Waals surface area contributed by atoms with Crippen LogP contribution in [0.5, 0.6) is 5.75 Å². The minimum atomic E-state index is 0.0789. The van der Waals surface area contributed by atoms with Crippen LogP contribution in [-0.4, -0.2) is 30.6 Å². The maximum Gasteiger partial charge on any atom is 0.223 e. The third kappa shape index (κ3) is 4.11. The first-order chi connectivity index (χ1) is 10.2. The summed E-state index contributed by atoms with van der Waals surface area (Å²) in [4.78, 5) is 12.0. The number of hydrogen-bond acceptors (Lipinski definition) is 3. The Balaban J connectivity index is 1.37. The van der Waals surface area contributed by atoms with Crippen molar-refractivity contribution in [2.75, 3.05) is 6.61 Å². The molecule has 0 spiro atoms. The summed E-state index contributed by atoms with van der Waals surface area (Å²) in [6.45, 7) is 0.394. The molecule has 21 heavy (non-hydrogen) atoms. The van der Waals surface area contributed by atoms with Gasteiger partial charge in [-0.3, -0.25) is 4.79 Å². The Morgan fingerprint density at radius 1 is 1.24 bits per heavy atom. The maximum atomic E-state index is 12.0. The molecule has 2 fully saturated rings. The molecular weight excluding hydrogens is 288 g/mol. The van der Waals surface area contributed by atoms with Gasteiger partial charge in [-0.05, 0) is 49.9 Å². The lowest BCUT2D eigenvalue weighted by Crippen LogP contribution is -2.48. The Bertz CT molecular complexity index is 480. The van der Waals surface area contributed by atoms with Crippen LogP contribution >= 0.6 is 11.6 Å². The molecule has 1 aromatic carbocycles. The molecule has 0 saturated carbocycles. The second-order valence-corrected chi connectivity index (χ2v) is 6.36. The molecule has 2 saturated heterocycles. The zero-order valence-corrected chi connectivity index (χ0v) is 12.7. The Morgan fingerprint density at radius 2 is 1.90 bits per heavy atom. The molecule has 0 aliphatic carbocycles. The van der Waals surface area contributed by atoms with Gasteiger partial charge in [0.05, 0.1) is 13.0 Å². The molecule has 2 heterocycles. The molecule has 1 amide bonds. The van der Waals surface area contributed by atoms with Gasteiger partial charge in [-0.25, -0.2) is 0 Å². The number of fused-ring (bicyclic) bond motifs is 2. The number of carbonyl (C=O) groups excluding carboxylic acids is 1. The van der Waals surface area contributed by atoms with Gasteiger partial charge in [-0.15, -0.1) is 0 Å². The summed E-state index contributed by atoms with van der Waals surface area (Å²) in [6.07, 6.45) is 5.00. The Morgan fingerprint density at radius 3 is 2.57 bits per heavy atom. The van der Waals surface area contributed by atoms with Gasteiger partial charge in [0, 0.05) is 23.1 Å². The number of halogens is 1. The fourth-order valence-corrected chi connectivity index (χ4v) is 3.39. The number of benzene rings is 1. The Hall–Kier alpha value is -1.26. The predicted molar refractivity (Wildman–Crippen MR) is 82.7 cm³/mol. The molecular formula is C16H21ClN2O2. The number of amides is 1. The van der Waals surface area contributed by atoms with Gasteiger partial charge in [0.2, 0.25) is 5.91 Å². The fourth-order valence-electron chi connectivity index (χ4n) is 3.27. The van der Waals surface area contributed by atoms with Crippen LogP contribution in [-0.2, 0) is 4.79 Å². The van der Waals surface area contributed by atoms with E-state index in [2.05, 4.69) is 10.6 Å². The quantitative estimate of drug-likeness (QED) is 0.879. The van der Waals surface area contributed by atoms with E-state index in [1.807, 2.05) is 12.1 Å². The Labute approximate surface area is 130 Å². The number of ether oxygens (including phenoxy) is 1. The van der Waals surface area contributed by atoms with Crippen molar-refractivity contribution in [3.8, 4) is 5.75 Å². The molecule has 1 aromatic rings. The summed E-state index contributed by atoms with van der Waals surface area (Å²) in [5, 5.41) is 7.39. The van der Waals surface area contributed by atoms with Gasteiger partial charge in [0.1, 0.15) is 5.75 Å². The van der Waals surface area contributed by atoms with E-state index in [-0.39, 0.29) is 5.91 Å². The van der Waals surface area contributed by atoms with Gasteiger partial charge in [-0.2, -0.15) is 0 Å². The predicted octanol–water partition coefficient (Wildman–Crippen LogP) is 2.51. The summed E-state index contributed by atoms with van der Waals surface area (Å²) < 4.78 is 5.54. The lowest BCUT2D eigenvalue weighted by Gasteiger charge is -2.29. The van der Waals surface area contributed by atoms with Crippen LogP contribution in [0.3, 0.4) is 0 Å². The second-order valence-electron chi connectivity index (χ2n) is 5.93. The molecule has 3 rings (SSSR count). The Kier molecular flexibility index (Phi) is 4.66. The SMILES string of the molecule is O=C(CCOc1ccc(Cl)cc1)NC1CC2CCC(C1)N2. The highest BCUT2D eigenvalue weighted by Crippen LogP contribution is 2.26. The van der Waals surface area contributed by atoms with Crippen LogP contribution in [0.2, 0.25) is 5.02 Å². The molecule has 2 N–H and O–H groups in total. The largest absolute Gasteiger partial charge is 0.493 e. The summed E-state index contributed by atoms with van der Waals surface area (Å²) in [5.74, 6) is 0.822. The number of rotatable bonds is 5. The average molecular weight is 309 g/mol. The minimum absolute atomic E-state index is 0.0789. The number of hydrogen-bond donors (Lipinski definition) is 2. The van der Waals surface area contributed by atoms with E-state index in [1.165, 1.54) is 12.8 Å². The van der Waals surface area contributed by atoms with E-state index in [0.29, 0.717) is 36.2 Å². The first kappa shape index (κ1) is 14.7. The third-order valence-electron chi connectivity index (χ3n) is 4.25. The van der Waals surface area contributed by atoms with Crippen LogP contribution in [0, 0.1) is 0 Å². The topological polar surface area (TPSA) is 50.4 Å². The van der Waals surface area contributed by atoms with Gasteiger partial charge in [0.15, 0.2) is 0 Å². The summed E-state index contributed by atoms with van der Waals surface area (Å²) in [6, 6.07) is 8.70. The minimum Gasteiger partial charge on any atom is -0.493 e.